The molecule has 0 radical (unpaired) electrons. The first-order chi connectivity index (χ1) is 9.79. The van der Waals surface area contributed by atoms with Crippen LogP contribution in [0.3, 0.4) is 0 Å². The number of carbonyl (C=O) groups is 1. The van der Waals surface area contributed by atoms with Crippen LogP contribution in [0.1, 0.15) is 21.8 Å². The molecule has 0 amide bonds. The average Bonchev–Trinajstić information content (AvgIpc) is 2.82. The van der Waals surface area contributed by atoms with E-state index in [1.165, 1.54) is 12.1 Å². The molecule has 0 aliphatic carbocycles. The molecule has 2 rings (SSSR count). The summed E-state index contributed by atoms with van der Waals surface area (Å²) < 4.78 is 32.0. The number of aryl methyl sites for hydroxylation is 1. The van der Waals surface area contributed by atoms with Crippen LogP contribution in [0.5, 0.6) is 0 Å². The quantitative estimate of drug-likeness (QED) is 0.711. The molecule has 21 heavy (non-hydrogen) atoms. The molecular weight excluding hydrogens is 411 g/mol. The monoisotopic (exact) mass is 422 g/mol. The molecule has 1 aromatic heterocycles. The summed E-state index contributed by atoms with van der Waals surface area (Å²) in [6, 6.07) is 5.52. The van der Waals surface area contributed by atoms with Gasteiger partial charge in [-0.15, -0.1) is 0 Å². The maximum Gasteiger partial charge on any atom is 0.336 e. The van der Waals surface area contributed by atoms with E-state index in [0.717, 1.165) is 6.07 Å². The van der Waals surface area contributed by atoms with Crippen molar-refractivity contribution >= 4 is 38.6 Å². The number of nitrogens with one attached hydrogen (secondary N) is 1. The summed E-state index contributed by atoms with van der Waals surface area (Å²) in [5, 5.41) is 12.7. The Balaban J connectivity index is 2.23. The number of aromatic nitrogens is 1. The van der Waals surface area contributed by atoms with Gasteiger partial charge in [-0.05, 0) is 47.7 Å². The normalized spacial score (nSPS) is 11.5. The number of rotatable bonds is 5. The van der Waals surface area contributed by atoms with Crippen molar-refractivity contribution < 1.29 is 22.8 Å². The molecule has 2 aromatic rings. The topological polar surface area (TPSA) is 110 Å². The third kappa shape index (κ3) is 3.80. The van der Waals surface area contributed by atoms with Crippen LogP contribution < -0.4 is 4.72 Å². The number of halogens is 1. The molecule has 7 nitrogen and oxygen atoms in total. The minimum atomic E-state index is -3.83. The molecule has 0 aliphatic heterocycles. The SMILES string of the molecule is Cc1cc(CNS(=O)(=O)c2ccc(I)c(C(=O)O)c2)on1. The van der Waals surface area contributed by atoms with Gasteiger partial charge in [-0.25, -0.2) is 17.9 Å². The van der Waals surface area contributed by atoms with Gasteiger partial charge in [-0.3, -0.25) is 0 Å². The standard InChI is InChI=1S/C12H11IN2O5S/c1-7-4-8(20-15-7)6-14-21(18,19)9-2-3-11(13)10(5-9)12(16)17/h2-5,14H,6H2,1H3,(H,16,17). The summed E-state index contributed by atoms with van der Waals surface area (Å²) in [6.07, 6.45) is 0. The van der Waals surface area contributed by atoms with E-state index >= 15 is 0 Å². The van der Waals surface area contributed by atoms with Crippen molar-refractivity contribution in [3.63, 3.8) is 0 Å². The zero-order valence-electron chi connectivity index (χ0n) is 10.8. The fourth-order valence-corrected chi connectivity index (χ4v) is 3.17. The number of hydrogen-bond donors (Lipinski definition) is 2. The van der Waals surface area contributed by atoms with Crippen LogP contribution in [0.15, 0.2) is 33.7 Å². The van der Waals surface area contributed by atoms with Crippen molar-refractivity contribution in [3.8, 4) is 0 Å². The number of carboxylic acid groups (broad SMARTS) is 1. The smallest absolute Gasteiger partial charge is 0.336 e. The maximum absolute atomic E-state index is 12.1. The molecule has 0 unspecified atom stereocenters. The van der Waals surface area contributed by atoms with E-state index in [2.05, 4.69) is 9.88 Å². The summed E-state index contributed by atoms with van der Waals surface area (Å²) in [4.78, 5) is 10.9. The Morgan fingerprint density at radius 1 is 1.43 bits per heavy atom. The second-order valence-electron chi connectivity index (χ2n) is 4.21. The summed E-state index contributed by atoms with van der Waals surface area (Å²) in [5.74, 6) is -0.803. The Morgan fingerprint density at radius 2 is 2.14 bits per heavy atom. The maximum atomic E-state index is 12.1. The van der Waals surface area contributed by atoms with E-state index in [4.69, 9.17) is 9.63 Å². The number of sulfonamides is 1. The third-order valence-corrected chi connectivity index (χ3v) is 4.93. The highest BCUT2D eigenvalue weighted by Crippen LogP contribution is 2.18. The zero-order chi connectivity index (χ0) is 15.6. The van der Waals surface area contributed by atoms with Crippen LogP contribution in [-0.2, 0) is 16.6 Å². The van der Waals surface area contributed by atoms with Gasteiger partial charge < -0.3 is 9.63 Å². The van der Waals surface area contributed by atoms with E-state index in [0.29, 0.717) is 15.0 Å². The summed E-state index contributed by atoms with van der Waals surface area (Å²) in [5.41, 5.74) is 0.584. The molecule has 1 heterocycles. The molecule has 1 aromatic carbocycles. The fourth-order valence-electron chi connectivity index (χ4n) is 1.58. The van der Waals surface area contributed by atoms with Crippen LogP contribution in [0.4, 0.5) is 0 Å². The molecule has 9 heteroatoms. The number of carboxylic acids is 1. The lowest BCUT2D eigenvalue weighted by Gasteiger charge is -2.07. The lowest BCUT2D eigenvalue weighted by Crippen LogP contribution is -2.23. The van der Waals surface area contributed by atoms with Crippen molar-refractivity contribution in [3.05, 3.63) is 44.9 Å². The summed E-state index contributed by atoms with van der Waals surface area (Å²) in [7, 11) is -3.83. The molecule has 0 aliphatic rings. The Kier molecular flexibility index (Phi) is 4.64. The lowest BCUT2D eigenvalue weighted by molar-refractivity contribution is 0.0695. The number of aromatic carboxylic acids is 1. The fraction of sp³-hybridized carbons (Fsp3) is 0.167. The van der Waals surface area contributed by atoms with Crippen molar-refractivity contribution in [1.29, 1.82) is 0 Å². The van der Waals surface area contributed by atoms with E-state index in [9.17, 15) is 13.2 Å². The van der Waals surface area contributed by atoms with E-state index in [1.54, 1.807) is 13.0 Å². The zero-order valence-corrected chi connectivity index (χ0v) is 13.8. The highest BCUT2D eigenvalue weighted by Gasteiger charge is 2.18. The van der Waals surface area contributed by atoms with Gasteiger partial charge in [0.2, 0.25) is 10.0 Å². The van der Waals surface area contributed by atoms with Gasteiger partial charge in [0.05, 0.1) is 22.7 Å². The molecule has 0 fully saturated rings. The second kappa shape index (κ2) is 6.12. The van der Waals surface area contributed by atoms with Crippen LogP contribution in [0, 0.1) is 10.5 Å². The predicted octanol–water partition coefficient (Wildman–Crippen LogP) is 1.76. The van der Waals surface area contributed by atoms with Crippen LogP contribution in [0.25, 0.3) is 0 Å². The van der Waals surface area contributed by atoms with Crippen molar-refractivity contribution in [2.75, 3.05) is 0 Å². The molecule has 0 spiro atoms. The van der Waals surface area contributed by atoms with E-state index < -0.39 is 16.0 Å². The van der Waals surface area contributed by atoms with Gasteiger partial charge in [0.1, 0.15) is 0 Å². The van der Waals surface area contributed by atoms with Crippen LogP contribution in [-0.4, -0.2) is 24.7 Å². The first kappa shape index (κ1) is 15.9. The van der Waals surface area contributed by atoms with Crippen LogP contribution in [0.2, 0.25) is 0 Å². The molecule has 0 atom stereocenters. The number of nitrogens with zero attached hydrogens (tertiary/aromatic N) is 1. The van der Waals surface area contributed by atoms with Crippen molar-refractivity contribution in [1.82, 2.24) is 9.88 Å². The third-order valence-electron chi connectivity index (χ3n) is 2.59. The van der Waals surface area contributed by atoms with Gasteiger partial charge in [-0.2, -0.15) is 0 Å². The Bertz CT molecular complexity index is 785. The van der Waals surface area contributed by atoms with Gasteiger partial charge in [0.25, 0.3) is 0 Å². The minimum absolute atomic E-state index is 0.0580. The van der Waals surface area contributed by atoms with Gasteiger partial charge >= 0.3 is 5.97 Å². The first-order valence-corrected chi connectivity index (χ1v) is 8.30. The summed E-state index contributed by atoms with van der Waals surface area (Å²) in [6.45, 7) is 1.66. The molecule has 2 N–H and O–H groups in total. The summed E-state index contributed by atoms with van der Waals surface area (Å²) >= 11 is 1.83. The predicted molar refractivity (Wildman–Crippen MR) is 81.4 cm³/mol. The Morgan fingerprint density at radius 3 is 2.71 bits per heavy atom. The molecule has 0 bridgehead atoms. The Hall–Kier alpha value is -1.46. The first-order valence-electron chi connectivity index (χ1n) is 5.74. The molecule has 0 saturated carbocycles. The lowest BCUT2D eigenvalue weighted by atomic mass is 10.2. The number of hydrogen-bond acceptors (Lipinski definition) is 5. The molecule has 0 saturated heterocycles. The largest absolute Gasteiger partial charge is 0.478 e. The molecule has 112 valence electrons. The Labute approximate surface area is 134 Å². The van der Waals surface area contributed by atoms with Gasteiger partial charge in [-0.1, -0.05) is 5.16 Å². The van der Waals surface area contributed by atoms with E-state index in [-0.39, 0.29) is 17.0 Å². The molecular formula is C12H11IN2O5S. The highest BCUT2D eigenvalue weighted by atomic mass is 127. The van der Waals surface area contributed by atoms with Crippen molar-refractivity contribution in [2.45, 2.75) is 18.4 Å². The number of benzene rings is 1. The van der Waals surface area contributed by atoms with Crippen LogP contribution >= 0.6 is 22.6 Å². The average molecular weight is 422 g/mol. The van der Waals surface area contributed by atoms with Crippen molar-refractivity contribution in [2.24, 2.45) is 0 Å². The minimum Gasteiger partial charge on any atom is -0.478 e. The van der Waals surface area contributed by atoms with E-state index in [1.807, 2.05) is 22.6 Å². The van der Waals surface area contributed by atoms with Gasteiger partial charge in [0.15, 0.2) is 5.76 Å². The highest BCUT2D eigenvalue weighted by molar-refractivity contribution is 14.1. The van der Waals surface area contributed by atoms with Gasteiger partial charge in [0, 0.05) is 9.64 Å². The second-order valence-corrected chi connectivity index (χ2v) is 7.14.